The van der Waals surface area contributed by atoms with Crippen LogP contribution in [0.3, 0.4) is 0 Å². The van der Waals surface area contributed by atoms with Gasteiger partial charge in [0.1, 0.15) is 6.10 Å². The molecule has 0 amide bonds. The summed E-state index contributed by atoms with van der Waals surface area (Å²) in [5.74, 6) is 0. The summed E-state index contributed by atoms with van der Waals surface area (Å²) in [6.45, 7) is 2.43. The van der Waals surface area contributed by atoms with Crippen LogP contribution in [0.4, 0.5) is 0 Å². The van der Waals surface area contributed by atoms with E-state index < -0.39 is 12.2 Å². The van der Waals surface area contributed by atoms with Crippen LogP contribution < -0.4 is 0 Å². The monoisotopic (exact) mass is 146 g/mol. The van der Waals surface area contributed by atoms with E-state index in [1.54, 1.807) is 6.92 Å². The van der Waals surface area contributed by atoms with Gasteiger partial charge in [-0.1, -0.05) is 0 Å². The summed E-state index contributed by atoms with van der Waals surface area (Å²) in [5.41, 5.74) is 0. The molecule has 3 nitrogen and oxygen atoms in total. The van der Waals surface area contributed by atoms with Gasteiger partial charge in [-0.15, -0.1) is 0 Å². The van der Waals surface area contributed by atoms with Gasteiger partial charge in [0, 0.05) is 6.61 Å². The predicted molar refractivity (Wildman–Crippen MR) is 36.7 cm³/mol. The first kappa shape index (κ1) is 7.98. The molecule has 1 heterocycles. The maximum absolute atomic E-state index is 9.25. The molecule has 0 aromatic rings. The summed E-state index contributed by atoms with van der Waals surface area (Å²) in [4.78, 5) is 0. The highest BCUT2D eigenvalue weighted by molar-refractivity contribution is 4.75. The Morgan fingerprint density at radius 3 is 2.80 bits per heavy atom. The molecule has 0 radical (unpaired) electrons. The van der Waals surface area contributed by atoms with Gasteiger partial charge < -0.3 is 14.9 Å². The summed E-state index contributed by atoms with van der Waals surface area (Å²) in [7, 11) is 0. The first-order valence-electron chi connectivity index (χ1n) is 3.69. The van der Waals surface area contributed by atoms with Crippen molar-refractivity contribution in [3.05, 3.63) is 0 Å². The second-order valence-corrected chi connectivity index (χ2v) is 2.78. The van der Waals surface area contributed by atoms with Gasteiger partial charge in [0.05, 0.1) is 12.2 Å². The van der Waals surface area contributed by atoms with Gasteiger partial charge in [0.25, 0.3) is 0 Å². The molecule has 3 heteroatoms. The van der Waals surface area contributed by atoms with E-state index in [0.717, 1.165) is 6.42 Å². The van der Waals surface area contributed by atoms with E-state index in [1.165, 1.54) is 0 Å². The van der Waals surface area contributed by atoms with Gasteiger partial charge in [0.15, 0.2) is 0 Å². The van der Waals surface area contributed by atoms with Crippen molar-refractivity contribution in [3.63, 3.8) is 0 Å². The van der Waals surface area contributed by atoms with Crippen molar-refractivity contribution >= 4 is 0 Å². The van der Waals surface area contributed by atoms with E-state index in [-0.39, 0.29) is 6.10 Å². The Kier molecular flexibility index (Phi) is 2.65. The Hall–Kier alpha value is -0.120. The number of rotatable bonds is 0. The highest BCUT2D eigenvalue weighted by Crippen LogP contribution is 2.13. The Morgan fingerprint density at radius 2 is 2.10 bits per heavy atom. The fourth-order valence-corrected chi connectivity index (χ4v) is 1.14. The zero-order valence-electron chi connectivity index (χ0n) is 6.16. The number of hydrogen-bond donors (Lipinski definition) is 2. The van der Waals surface area contributed by atoms with E-state index >= 15 is 0 Å². The van der Waals surface area contributed by atoms with Crippen LogP contribution in [-0.2, 0) is 4.74 Å². The van der Waals surface area contributed by atoms with Crippen LogP contribution in [0.15, 0.2) is 0 Å². The zero-order chi connectivity index (χ0) is 7.56. The molecule has 0 aromatic heterocycles. The second-order valence-electron chi connectivity index (χ2n) is 2.78. The van der Waals surface area contributed by atoms with Gasteiger partial charge in [-0.2, -0.15) is 0 Å². The molecule has 10 heavy (non-hydrogen) atoms. The topological polar surface area (TPSA) is 49.7 Å². The molecule has 0 aromatic carbocycles. The molecule has 1 saturated heterocycles. The highest BCUT2D eigenvalue weighted by Gasteiger charge is 2.25. The SMILES string of the molecule is CC1OCCCC(O)C1O. The lowest BCUT2D eigenvalue weighted by atomic mass is 10.1. The highest BCUT2D eigenvalue weighted by atomic mass is 16.5. The minimum atomic E-state index is -0.706. The quantitative estimate of drug-likeness (QED) is 0.502. The second kappa shape index (κ2) is 3.32. The summed E-state index contributed by atoms with van der Waals surface area (Å²) < 4.78 is 5.18. The predicted octanol–water partition coefficient (Wildman–Crippen LogP) is -0.0929. The van der Waals surface area contributed by atoms with Crippen molar-refractivity contribution in [2.24, 2.45) is 0 Å². The molecule has 1 aliphatic heterocycles. The molecule has 1 fully saturated rings. The maximum Gasteiger partial charge on any atom is 0.106 e. The standard InChI is InChI=1S/C7H14O3/c1-5-7(9)6(8)3-2-4-10-5/h5-9H,2-4H2,1H3. The molecule has 1 rings (SSSR count). The molecule has 2 N–H and O–H groups in total. The summed E-state index contributed by atoms with van der Waals surface area (Å²) in [6.07, 6.45) is -0.0499. The molecule has 0 aliphatic carbocycles. The lowest BCUT2D eigenvalue weighted by Gasteiger charge is -2.19. The average molecular weight is 146 g/mol. The van der Waals surface area contributed by atoms with E-state index in [4.69, 9.17) is 4.74 Å². The lowest BCUT2D eigenvalue weighted by molar-refractivity contribution is -0.0617. The zero-order valence-corrected chi connectivity index (χ0v) is 6.16. The van der Waals surface area contributed by atoms with Crippen LogP contribution in [0.1, 0.15) is 19.8 Å². The number of hydrogen-bond acceptors (Lipinski definition) is 3. The van der Waals surface area contributed by atoms with Gasteiger partial charge in [-0.25, -0.2) is 0 Å². The van der Waals surface area contributed by atoms with Crippen LogP contribution in [0.2, 0.25) is 0 Å². The third-order valence-corrected chi connectivity index (χ3v) is 1.90. The van der Waals surface area contributed by atoms with E-state index in [2.05, 4.69) is 0 Å². The van der Waals surface area contributed by atoms with Crippen molar-refractivity contribution in [3.8, 4) is 0 Å². The molecular weight excluding hydrogens is 132 g/mol. The molecule has 3 unspecified atom stereocenters. The van der Waals surface area contributed by atoms with E-state index in [0.29, 0.717) is 13.0 Å². The normalized spacial score (nSPS) is 42.9. The van der Waals surface area contributed by atoms with Gasteiger partial charge >= 0.3 is 0 Å². The van der Waals surface area contributed by atoms with Gasteiger partial charge in [0.2, 0.25) is 0 Å². The van der Waals surface area contributed by atoms with E-state index in [9.17, 15) is 10.2 Å². The van der Waals surface area contributed by atoms with Crippen LogP contribution in [0.25, 0.3) is 0 Å². The Morgan fingerprint density at radius 1 is 1.40 bits per heavy atom. The molecule has 60 valence electrons. The van der Waals surface area contributed by atoms with Crippen LogP contribution in [0.5, 0.6) is 0 Å². The fraction of sp³-hybridized carbons (Fsp3) is 1.00. The number of aliphatic hydroxyl groups excluding tert-OH is 2. The summed E-state index contributed by atoms with van der Waals surface area (Å²) in [6, 6.07) is 0. The Balaban J connectivity index is 2.46. The van der Waals surface area contributed by atoms with Crippen molar-refractivity contribution in [1.29, 1.82) is 0 Å². The first-order valence-corrected chi connectivity index (χ1v) is 3.69. The minimum Gasteiger partial charge on any atom is -0.390 e. The molecule has 0 bridgehead atoms. The third kappa shape index (κ3) is 1.68. The molecular formula is C7H14O3. The van der Waals surface area contributed by atoms with Crippen LogP contribution >= 0.6 is 0 Å². The van der Waals surface area contributed by atoms with Gasteiger partial charge in [-0.05, 0) is 19.8 Å². The van der Waals surface area contributed by atoms with Crippen molar-refractivity contribution in [2.75, 3.05) is 6.61 Å². The minimum absolute atomic E-state index is 0.225. The fourth-order valence-electron chi connectivity index (χ4n) is 1.14. The Bertz CT molecular complexity index is 93.0. The summed E-state index contributed by atoms with van der Waals surface area (Å²) >= 11 is 0. The molecule has 0 spiro atoms. The lowest BCUT2D eigenvalue weighted by Crippen LogP contribution is -2.34. The van der Waals surface area contributed by atoms with E-state index in [1.807, 2.05) is 0 Å². The molecule has 0 saturated carbocycles. The average Bonchev–Trinajstić information content (AvgIpc) is 2.04. The largest absolute Gasteiger partial charge is 0.390 e. The van der Waals surface area contributed by atoms with Crippen molar-refractivity contribution < 1.29 is 14.9 Å². The molecule has 1 aliphatic rings. The first-order chi connectivity index (χ1) is 4.72. The van der Waals surface area contributed by atoms with Gasteiger partial charge in [-0.3, -0.25) is 0 Å². The maximum atomic E-state index is 9.25. The number of aliphatic hydroxyl groups is 2. The van der Waals surface area contributed by atoms with Crippen molar-refractivity contribution in [2.45, 2.75) is 38.1 Å². The number of ether oxygens (including phenoxy) is 1. The molecule has 3 atom stereocenters. The third-order valence-electron chi connectivity index (χ3n) is 1.90. The smallest absolute Gasteiger partial charge is 0.106 e. The van der Waals surface area contributed by atoms with Crippen LogP contribution in [0, 0.1) is 0 Å². The summed E-state index contributed by atoms with van der Waals surface area (Å²) in [5, 5.41) is 18.4. The van der Waals surface area contributed by atoms with Crippen LogP contribution in [-0.4, -0.2) is 35.1 Å². The Labute approximate surface area is 60.6 Å². The van der Waals surface area contributed by atoms with Crippen molar-refractivity contribution in [1.82, 2.24) is 0 Å².